The fraction of sp³-hybridized carbons (Fsp3) is 0.632. The van der Waals surface area contributed by atoms with Gasteiger partial charge in [-0.25, -0.2) is 13.1 Å². The molecule has 28 heavy (non-hydrogen) atoms. The van der Waals surface area contributed by atoms with E-state index in [0.717, 1.165) is 11.1 Å². The number of rotatable bonds is 8. The van der Waals surface area contributed by atoms with Crippen LogP contribution < -0.4 is 15.4 Å². The van der Waals surface area contributed by atoms with Crippen LogP contribution in [-0.4, -0.2) is 40.0 Å². The Bertz CT molecular complexity index is 750. The van der Waals surface area contributed by atoms with Gasteiger partial charge in [0.05, 0.1) is 24.7 Å². The van der Waals surface area contributed by atoms with Crippen molar-refractivity contribution < 1.29 is 17.9 Å². The third-order valence-electron chi connectivity index (χ3n) is 5.16. The molecule has 3 rings (SSSR count). The van der Waals surface area contributed by atoms with E-state index in [2.05, 4.69) is 15.4 Å². The zero-order valence-electron chi connectivity index (χ0n) is 16.0. The number of sulfonamides is 1. The van der Waals surface area contributed by atoms with Crippen LogP contribution in [0.15, 0.2) is 23.1 Å². The zero-order valence-corrected chi connectivity index (χ0v) is 17.7. The average Bonchev–Trinajstić information content (AvgIpc) is 2.98. The number of halogens is 1. The highest BCUT2D eigenvalue weighted by Gasteiger charge is 2.19. The molecule has 1 aromatic rings. The molecule has 0 spiro atoms. The maximum absolute atomic E-state index is 12.4. The minimum atomic E-state index is -3.71. The van der Waals surface area contributed by atoms with Crippen LogP contribution in [0.1, 0.15) is 49.7 Å². The second kappa shape index (κ2) is 11.1. The number of amides is 1. The van der Waals surface area contributed by atoms with Crippen molar-refractivity contribution in [2.75, 3.05) is 19.6 Å². The Kier molecular flexibility index (Phi) is 9.17. The summed E-state index contributed by atoms with van der Waals surface area (Å²) in [7, 11) is -3.71. The van der Waals surface area contributed by atoms with Crippen molar-refractivity contribution >= 4 is 28.3 Å². The van der Waals surface area contributed by atoms with Crippen molar-refractivity contribution in [1.29, 1.82) is 0 Å². The molecule has 0 aromatic heterocycles. The van der Waals surface area contributed by atoms with E-state index in [1.807, 2.05) is 0 Å². The standard InChI is InChI=1S/C19H29N3O4S.ClH/c23-19(21-10-9-20-17-5-3-1-2-4-6-17)12-22-27(24,25)18-8-7-15-13-26-14-16(15)11-18;/h7-8,11,17,20,22H,1-6,9-10,12-14H2,(H,21,23);1H. The molecule has 0 atom stereocenters. The Labute approximate surface area is 173 Å². The molecule has 0 radical (unpaired) electrons. The van der Waals surface area contributed by atoms with Crippen LogP contribution in [0.25, 0.3) is 0 Å². The summed E-state index contributed by atoms with van der Waals surface area (Å²) >= 11 is 0. The number of carbonyl (C=O) groups is 1. The number of carbonyl (C=O) groups excluding carboxylic acids is 1. The lowest BCUT2D eigenvalue weighted by atomic mass is 10.1. The number of hydrogen-bond acceptors (Lipinski definition) is 5. The number of hydrogen-bond donors (Lipinski definition) is 3. The van der Waals surface area contributed by atoms with Crippen LogP contribution in [0.4, 0.5) is 0 Å². The lowest BCUT2D eigenvalue weighted by Crippen LogP contribution is -2.41. The SMILES string of the molecule is Cl.O=C(CNS(=O)(=O)c1ccc2c(c1)COC2)NCCNC1CCCCCC1. The van der Waals surface area contributed by atoms with Gasteiger partial charge in [-0.1, -0.05) is 31.7 Å². The second-order valence-corrected chi connectivity index (χ2v) is 9.01. The largest absolute Gasteiger partial charge is 0.372 e. The van der Waals surface area contributed by atoms with Gasteiger partial charge in [-0.3, -0.25) is 4.79 Å². The Balaban J connectivity index is 0.00000280. The first kappa shape index (κ1) is 23.1. The minimum Gasteiger partial charge on any atom is -0.372 e. The zero-order chi connectivity index (χ0) is 19.1. The first-order valence-corrected chi connectivity index (χ1v) is 11.2. The van der Waals surface area contributed by atoms with E-state index in [1.165, 1.54) is 38.5 Å². The molecule has 3 N–H and O–H groups in total. The third kappa shape index (κ3) is 6.70. The topological polar surface area (TPSA) is 96.5 Å². The van der Waals surface area contributed by atoms with Gasteiger partial charge >= 0.3 is 0 Å². The molecular weight excluding hydrogens is 402 g/mol. The molecular formula is C19H30ClN3O4S. The predicted molar refractivity (Wildman–Crippen MR) is 110 cm³/mol. The van der Waals surface area contributed by atoms with Crippen LogP contribution in [0, 0.1) is 0 Å². The average molecular weight is 432 g/mol. The normalized spacial score (nSPS) is 17.4. The van der Waals surface area contributed by atoms with E-state index in [9.17, 15) is 13.2 Å². The van der Waals surface area contributed by atoms with Gasteiger partial charge in [0, 0.05) is 19.1 Å². The first-order valence-electron chi connectivity index (χ1n) is 9.74. The summed E-state index contributed by atoms with van der Waals surface area (Å²) in [5.41, 5.74) is 1.89. The monoisotopic (exact) mass is 431 g/mol. The highest BCUT2D eigenvalue weighted by molar-refractivity contribution is 7.89. The molecule has 0 saturated heterocycles. The van der Waals surface area contributed by atoms with Crippen LogP contribution in [0.2, 0.25) is 0 Å². The van der Waals surface area contributed by atoms with Gasteiger partial charge < -0.3 is 15.4 Å². The molecule has 0 unspecified atom stereocenters. The highest BCUT2D eigenvalue weighted by atomic mass is 35.5. The molecule has 7 nitrogen and oxygen atoms in total. The summed E-state index contributed by atoms with van der Waals surface area (Å²) in [5.74, 6) is -0.328. The van der Waals surface area contributed by atoms with Crippen LogP contribution >= 0.6 is 12.4 Å². The van der Waals surface area contributed by atoms with Gasteiger partial charge in [0.25, 0.3) is 0 Å². The Morgan fingerprint density at radius 2 is 1.75 bits per heavy atom. The number of fused-ring (bicyclic) bond motifs is 1. The summed E-state index contributed by atoms with van der Waals surface area (Å²) in [5, 5.41) is 6.23. The second-order valence-electron chi connectivity index (χ2n) is 7.24. The van der Waals surface area contributed by atoms with Crippen molar-refractivity contribution in [2.24, 2.45) is 0 Å². The summed E-state index contributed by atoms with van der Waals surface area (Å²) in [6.07, 6.45) is 7.54. The van der Waals surface area contributed by atoms with E-state index >= 15 is 0 Å². The molecule has 1 aliphatic heterocycles. The van der Waals surface area contributed by atoms with Crippen LogP contribution in [-0.2, 0) is 32.8 Å². The van der Waals surface area contributed by atoms with E-state index in [4.69, 9.17) is 4.74 Å². The third-order valence-corrected chi connectivity index (χ3v) is 6.56. The van der Waals surface area contributed by atoms with Crippen molar-refractivity contribution in [1.82, 2.24) is 15.4 Å². The molecule has 1 amide bonds. The van der Waals surface area contributed by atoms with Crippen molar-refractivity contribution in [3.63, 3.8) is 0 Å². The highest BCUT2D eigenvalue weighted by Crippen LogP contribution is 2.22. The molecule has 9 heteroatoms. The van der Waals surface area contributed by atoms with Crippen LogP contribution in [0.3, 0.4) is 0 Å². The van der Waals surface area contributed by atoms with Gasteiger partial charge in [0.1, 0.15) is 0 Å². The molecule has 1 fully saturated rings. The van der Waals surface area contributed by atoms with Crippen LogP contribution in [0.5, 0.6) is 0 Å². The molecule has 1 saturated carbocycles. The van der Waals surface area contributed by atoms with Gasteiger partial charge in [0.2, 0.25) is 15.9 Å². The summed E-state index contributed by atoms with van der Waals surface area (Å²) in [6.45, 7) is 1.87. The number of benzene rings is 1. The Morgan fingerprint density at radius 3 is 2.50 bits per heavy atom. The Morgan fingerprint density at radius 1 is 1.04 bits per heavy atom. The minimum absolute atomic E-state index is 0. The maximum atomic E-state index is 12.4. The lowest BCUT2D eigenvalue weighted by Gasteiger charge is -2.16. The number of nitrogens with one attached hydrogen (secondary N) is 3. The maximum Gasteiger partial charge on any atom is 0.241 e. The molecule has 158 valence electrons. The van der Waals surface area contributed by atoms with E-state index in [1.54, 1.807) is 18.2 Å². The summed E-state index contributed by atoms with van der Waals surface area (Å²) < 4.78 is 32.4. The van der Waals surface area contributed by atoms with Gasteiger partial charge in [-0.05, 0) is 36.1 Å². The quantitative estimate of drug-likeness (QED) is 0.431. The molecule has 1 heterocycles. The van der Waals surface area contributed by atoms with Crippen molar-refractivity contribution in [3.05, 3.63) is 29.3 Å². The molecule has 0 bridgehead atoms. The molecule has 1 aromatic carbocycles. The smallest absolute Gasteiger partial charge is 0.241 e. The summed E-state index contributed by atoms with van der Waals surface area (Å²) in [4.78, 5) is 12.1. The van der Waals surface area contributed by atoms with E-state index < -0.39 is 10.0 Å². The van der Waals surface area contributed by atoms with Gasteiger partial charge in [-0.2, -0.15) is 0 Å². The van der Waals surface area contributed by atoms with E-state index in [0.29, 0.717) is 32.3 Å². The van der Waals surface area contributed by atoms with Gasteiger partial charge in [-0.15, -0.1) is 12.4 Å². The van der Waals surface area contributed by atoms with Crippen molar-refractivity contribution in [3.8, 4) is 0 Å². The molecule has 1 aliphatic carbocycles. The predicted octanol–water partition coefficient (Wildman–Crippen LogP) is 1.85. The van der Waals surface area contributed by atoms with Gasteiger partial charge in [0.15, 0.2) is 0 Å². The summed E-state index contributed by atoms with van der Waals surface area (Å²) in [6, 6.07) is 5.45. The number of ether oxygens (including phenoxy) is 1. The Hall–Kier alpha value is -1.19. The molecule has 2 aliphatic rings. The lowest BCUT2D eigenvalue weighted by molar-refractivity contribution is -0.119. The van der Waals surface area contributed by atoms with E-state index in [-0.39, 0.29) is 29.8 Å². The first-order chi connectivity index (χ1) is 13.0. The fourth-order valence-electron chi connectivity index (χ4n) is 3.58. The van der Waals surface area contributed by atoms with Crippen molar-refractivity contribution in [2.45, 2.75) is 62.7 Å². The fourth-order valence-corrected chi connectivity index (χ4v) is 4.62.